The van der Waals surface area contributed by atoms with Gasteiger partial charge in [-0.3, -0.25) is 4.98 Å². The molecule has 32 heavy (non-hydrogen) atoms. The maximum atomic E-state index is 5.99. The normalized spacial score (nSPS) is 11.2. The van der Waals surface area contributed by atoms with Crippen molar-refractivity contribution >= 4 is 40.8 Å². The van der Waals surface area contributed by atoms with E-state index in [0.717, 1.165) is 46.7 Å². The number of aryl methyl sites for hydroxylation is 1. The summed E-state index contributed by atoms with van der Waals surface area (Å²) in [6.45, 7) is 7.41. The topological polar surface area (TPSA) is 67.8 Å². The standard InChI is InChI=1S/C25H32N4O2.HI/c1-4-26-25(29-18-22-9-5-8-20-10-6-13-27-24(20)22)28-17-21-12-11-19(2)16-23(21)31-15-7-14-30-3;/h5-6,8-13,16H,4,7,14-15,17-18H2,1-3H3,(H2,26,28,29);1H. The Morgan fingerprint density at radius 1 is 1.03 bits per heavy atom. The van der Waals surface area contributed by atoms with Crippen LogP contribution in [0.5, 0.6) is 5.75 Å². The average molecular weight is 548 g/mol. The quantitative estimate of drug-likeness (QED) is 0.165. The summed E-state index contributed by atoms with van der Waals surface area (Å²) < 4.78 is 11.1. The number of fused-ring (bicyclic) bond motifs is 1. The zero-order valence-electron chi connectivity index (χ0n) is 19.1. The molecule has 0 saturated carbocycles. The van der Waals surface area contributed by atoms with Crippen LogP contribution in [0.1, 0.15) is 30.0 Å². The van der Waals surface area contributed by atoms with E-state index in [2.05, 4.69) is 71.9 Å². The number of rotatable bonds is 10. The maximum Gasteiger partial charge on any atom is 0.191 e. The zero-order chi connectivity index (χ0) is 21.9. The lowest BCUT2D eigenvalue weighted by atomic mass is 10.1. The summed E-state index contributed by atoms with van der Waals surface area (Å²) in [7, 11) is 1.70. The van der Waals surface area contributed by atoms with Crippen molar-refractivity contribution in [3.63, 3.8) is 0 Å². The molecule has 0 spiro atoms. The van der Waals surface area contributed by atoms with Gasteiger partial charge in [-0.05, 0) is 37.1 Å². The molecule has 2 N–H and O–H groups in total. The number of methoxy groups -OCH3 is 1. The van der Waals surface area contributed by atoms with Gasteiger partial charge in [0.05, 0.1) is 18.7 Å². The van der Waals surface area contributed by atoms with Crippen molar-refractivity contribution in [2.45, 2.75) is 33.4 Å². The van der Waals surface area contributed by atoms with Crippen LogP contribution < -0.4 is 15.4 Å². The second-order valence-corrected chi connectivity index (χ2v) is 7.35. The molecule has 7 heteroatoms. The molecule has 0 aliphatic heterocycles. The first kappa shape index (κ1) is 25.9. The van der Waals surface area contributed by atoms with E-state index in [-0.39, 0.29) is 24.0 Å². The number of guanidine groups is 1. The summed E-state index contributed by atoms with van der Waals surface area (Å²) in [5, 5.41) is 7.89. The molecule has 0 atom stereocenters. The molecule has 3 rings (SSSR count). The van der Waals surface area contributed by atoms with E-state index >= 15 is 0 Å². The smallest absolute Gasteiger partial charge is 0.191 e. The second-order valence-electron chi connectivity index (χ2n) is 7.35. The lowest BCUT2D eigenvalue weighted by Crippen LogP contribution is -2.36. The number of pyridine rings is 1. The number of aliphatic imine (C=N–C) groups is 1. The highest BCUT2D eigenvalue weighted by atomic mass is 127. The molecule has 2 aromatic carbocycles. The number of halogens is 1. The summed E-state index contributed by atoms with van der Waals surface area (Å²) in [5.41, 5.74) is 4.38. The van der Waals surface area contributed by atoms with E-state index in [1.54, 1.807) is 7.11 Å². The van der Waals surface area contributed by atoms with Gasteiger partial charge >= 0.3 is 0 Å². The Morgan fingerprint density at radius 3 is 2.69 bits per heavy atom. The third-order valence-electron chi connectivity index (χ3n) is 4.89. The highest BCUT2D eigenvalue weighted by Gasteiger charge is 2.07. The molecule has 0 unspecified atom stereocenters. The first-order valence-electron chi connectivity index (χ1n) is 10.8. The minimum absolute atomic E-state index is 0. The van der Waals surface area contributed by atoms with Crippen molar-refractivity contribution in [3.8, 4) is 5.75 Å². The van der Waals surface area contributed by atoms with E-state index < -0.39 is 0 Å². The highest BCUT2D eigenvalue weighted by molar-refractivity contribution is 14.0. The molecule has 0 radical (unpaired) electrons. The number of benzene rings is 2. The first-order valence-corrected chi connectivity index (χ1v) is 10.8. The molecular weight excluding hydrogens is 515 g/mol. The monoisotopic (exact) mass is 548 g/mol. The third kappa shape index (κ3) is 7.63. The van der Waals surface area contributed by atoms with Crippen LogP contribution in [0.4, 0.5) is 0 Å². The van der Waals surface area contributed by atoms with Crippen LogP contribution in [0.15, 0.2) is 59.7 Å². The van der Waals surface area contributed by atoms with Crippen molar-refractivity contribution in [1.29, 1.82) is 0 Å². The van der Waals surface area contributed by atoms with Crippen molar-refractivity contribution in [1.82, 2.24) is 15.6 Å². The molecule has 0 saturated heterocycles. The predicted molar refractivity (Wildman–Crippen MR) is 142 cm³/mol. The Bertz CT molecular complexity index is 1000. The maximum absolute atomic E-state index is 5.99. The van der Waals surface area contributed by atoms with Gasteiger partial charge in [0, 0.05) is 50.4 Å². The van der Waals surface area contributed by atoms with Crippen LogP contribution in [0.25, 0.3) is 10.9 Å². The van der Waals surface area contributed by atoms with E-state index in [1.165, 1.54) is 5.56 Å². The lowest BCUT2D eigenvalue weighted by Gasteiger charge is -2.14. The molecule has 0 amide bonds. The summed E-state index contributed by atoms with van der Waals surface area (Å²) in [6, 6.07) is 16.5. The number of ether oxygens (including phenoxy) is 2. The minimum atomic E-state index is 0. The van der Waals surface area contributed by atoms with Crippen molar-refractivity contribution in [3.05, 3.63) is 71.4 Å². The minimum Gasteiger partial charge on any atom is -0.493 e. The summed E-state index contributed by atoms with van der Waals surface area (Å²) in [4.78, 5) is 9.32. The van der Waals surface area contributed by atoms with Gasteiger partial charge in [0.2, 0.25) is 0 Å². The second kappa shape index (κ2) is 13.9. The molecule has 6 nitrogen and oxygen atoms in total. The van der Waals surface area contributed by atoms with Gasteiger partial charge in [0.25, 0.3) is 0 Å². The van der Waals surface area contributed by atoms with Crippen LogP contribution in [-0.4, -0.2) is 37.8 Å². The Morgan fingerprint density at radius 2 is 1.88 bits per heavy atom. The Labute approximate surface area is 207 Å². The molecule has 172 valence electrons. The fraction of sp³-hybridized carbons (Fsp3) is 0.360. The number of nitrogens with one attached hydrogen (secondary N) is 2. The Hall–Kier alpha value is -2.39. The van der Waals surface area contributed by atoms with Crippen molar-refractivity contribution in [2.75, 3.05) is 26.9 Å². The lowest BCUT2D eigenvalue weighted by molar-refractivity contribution is 0.172. The number of nitrogens with zero attached hydrogens (tertiary/aromatic N) is 2. The van der Waals surface area contributed by atoms with E-state index in [9.17, 15) is 0 Å². The molecule has 1 aromatic heterocycles. The van der Waals surface area contributed by atoms with Crippen molar-refractivity contribution in [2.24, 2.45) is 4.99 Å². The van der Waals surface area contributed by atoms with Gasteiger partial charge < -0.3 is 20.1 Å². The van der Waals surface area contributed by atoms with E-state index in [4.69, 9.17) is 14.5 Å². The van der Waals surface area contributed by atoms with Gasteiger partial charge in [-0.2, -0.15) is 0 Å². The molecule has 3 aromatic rings. The predicted octanol–water partition coefficient (Wildman–Crippen LogP) is 4.83. The van der Waals surface area contributed by atoms with Crippen LogP contribution in [-0.2, 0) is 17.8 Å². The summed E-state index contributed by atoms with van der Waals surface area (Å²) in [5.74, 6) is 1.65. The number of hydrogen-bond acceptors (Lipinski definition) is 4. The molecule has 0 aliphatic rings. The molecular formula is C25H33IN4O2. The van der Waals surface area contributed by atoms with Crippen LogP contribution >= 0.6 is 24.0 Å². The highest BCUT2D eigenvalue weighted by Crippen LogP contribution is 2.21. The molecule has 0 fully saturated rings. The zero-order valence-corrected chi connectivity index (χ0v) is 21.4. The Balaban J connectivity index is 0.00000363. The van der Waals surface area contributed by atoms with Gasteiger partial charge in [-0.1, -0.05) is 36.4 Å². The van der Waals surface area contributed by atoms with Crippen LogP contribution in [0.2, 0.25) is 0 Å². The molecule has 0 aliphatic carbocycles. The molecule has 0 bridgehead atoms. The average Bonchev–Trinajstić information content (AvgIpc) is 2.79. The van der Waals surface area contributed by atoms with Crippen LogP contribution in [0, 0.1) is 6.92 Å². The fourth-order valence-electron chi connectivity index (χ4n) is 3.31. The van der Waals surface area contributed by atoms with E-state index in [0.29, 0.717) is 26.3 Å². The van der Waals surface area contributed by atoms with Gasteiger partial charge in [-0.25, -0.2) is 4.99 Å². The number of aromatic nitrogens is 1. The van der Waals surface area contributed by atoms with Gasteiger partial charge in [-0.15, -0.1) is 24.0 Å². The SMILES string of the molecule is CCNC(=NCc1ccc(C)cc1OCCCOC)NCc1cccc2cccnc12.I. The summed E-state index contributed by atoms with van der Waals surface area (Å²) in [6.07, 6.45) is 2.69. The van der Waals surface area contributed by atoms with E-state index in [1.807, 2.05) is 12.3 Å². The largest absolute Gasteiger partial charge is 0.493 e. The van der Waals surface area contributed by atoms with Crippen molar-refractivity contribution < 1.29 is 9.47 Å². The Kier molecular flexibility index (Phi) is 11.2. The third-order valence-corrected chi connectivity index (χ3v) is 4.89. The number of para-hydroxylation sites is 1. The van der Waals surface area contributed by atoms with Gasteiger partial charge in [0.15, 0.2) is 5.96 Å². The molecule has 1 heterocycles. The fourth-order valence-corrected chi connectivity index (χ4v) is 3.31. The first-order chi connectivity index (χ1) is 15.2. The number of hydrogen-bond donors (Lipinski definition) is 2. The summed E-state index contributed by atoms with van der Waals surface area (Å²) >= 11 is 0. The van der Waals surface area contributed by atoms with Crippen LogP contribution in [0.3, 0.4) is 0 Å². The van der Waals surface area contributed by atoms with Gasteiger partial charge in [0.1, 0.15) is 5.75 Å².